The maximum atomic E-state index is 12.9. The van der Waals surface area contributed by atoms with Crippen LogP contribution in [-0.4, -0.2) is 37.9 Å². The van der Waals surface area contributed by atoms with Crippen LogP contribution in [0.4, 0.5) is 0 Å². The number of carbonyl (C=O) groups is 1. The van der Waals surface area contributed by atoms with Gasteiger partial charge < -0.3 is 14.8 Å². The minimum atomic E-state index is -0.322. The average molecular weight is 460 g/mol. The Kier molecular flexibility index (Phi) is 5.75. The Labute approximate surface area is 195 Å². The normalized spacial score (nSPS) is 14.6. The third-order valence-corrected chi connectivity index (χ3v) is 5.72. The molecule has 0 saturated carbocycles. The molecule has 1 atom stereocenters. The van der Waals surface area contributed by atoms with E-state index in [9.17, 15) is 9.59 Å². The highest BCUT2D eigenvalue weighted by Gasteiger charge is 2.22. The van der Waals surface area contributed by atoms with Crippen LogP contribution in [0.1, 0.15) is 25.0 Å². The van der Waals surface area contributed by atoms with E-state index >= 15 is 0 Å². The van der Waals surface area contributed by atoms with Gasteiger partial charge in [0.25, 0.3) is 5.56 Å². The second kappa shape index (κ2) is 9.01. The first kappa shape index (κ1) is 21.7. The van der Waals surface area contributed by atoms with Crippen LogP contribution < -0.4 is 20.3 Å². The zero-order valence-corrected chi connectivity index (χ0v) is 19.0. The van der Waals surface area contributed by atoms with E-state index in [1.807, 2.05) is 56.3 Å². The van der Waals surface area contributed by atoms with Crippen molar-refractivity contribution in [1.82, 2.24) is 24.6 Å². The van der Waals surface area contributed by atoms with Crippen molar-refractivity contribution in [2.45, 2.75) is 39.5 Å². The highest BCUT2D eigenvalue weighted by Crippen LogP contribution is 2.35. The highest BCUT2D eigenvalue weighted by atomic mass is 16.5. The lowest BCUT2D eigenvalue weighted by Crippen LogP contribution is -2.32. The van der Waals surface area contributed by atoms with Crippen molar-refractivity contribution in [3.63, 3.8) is 0 Å². The Balaban J connectivity index is 1.32. The Hall–Kier alpha value is -4.14. The van der Waals surface area contributed by atoms with Crippen molar-refractivity contribution in [1.29, 1.82) is 0 Å². The summed E-state index contributed by atoms with van der Waals surface area (Å²) in [6.07, 6.45) is 3.81. The molecule has 0 unspecified atom stereocenters. The number of nitrogens with zero attached hydrogens (tertiary/aromatic N) is 4. The summed E-state index contributed by atoms with van der Waals surface area (Å²) in [5.74, 6) is 1.24. The standard InChI is InChI=1S/C25H25N5O4/c1-3-33-21-10-17-9-16(2)34-22(17)11-18(21)12-26-23(31)14-29-15-27-24-20(25(29)32)13-28-30(24)19-7-5-4-6-8-19/h4-8,10-11,13,15-16H,3,9,12,14H2,1-2H3,(H,26,31)/t16-/m0/s1. The van der Waals surface area contributed by atoms with Crippen LogP contribution in [0.5, 0.6) is 11.5 Å². The fraction of sp³-hybridized carbons (Fsp3) is 0.280. The molecule has 0 fully saturated rings. The number of fused-ring (bicyclic) bond motifs is 2. The van der Waals surface area contributed by atoms with Gasteiger partial charge in [-0.15, -0.1) is 0 Å². The third kappa shape index (κ3) is 4.12. The Morgan fingerprint density at radius 2 is 2.09 bits per heavy atom. The van der Waals surface area contributed by atoms with Crippen molar-refractivity contribution in [2.75, 3.05) is 6.61 Å². The Morgan fingerprint density at radius 3 is 2.88 bits per heavy atom. The zero-order chi connectivity index (χ0) is 23.7. The van der Waals surface area contributed by atoms with Gasteiger partial charge >= 0.3 is 0 Å². The van der Waals surface area contributed by atoms with E-state index in [2.05, 4.69) is 15.4 Å². The minimum absolute atomic E-state index is 0.120. The summed E-state index contributed by atoms with van der Waals surface area (Å²) in [5, 5.41) is 7.52. The lowest BCUT2D eigenvalue weighted by molar-refractivity contribution is -0.121. The fourth-order valence-electron chi connectivity index (χ4n) is 4.13. The number of hydrogen-bond acceptors (Lipinski definition) is 6. The van der Waals surface area contributed by atoms with Gasteiger partial charge in [0.05, 0.1) is 18.5 Å². The van der Waals surface area contributed by atoms with Crippen LogP contribution in [0.3, 0.4) is 0 Å². The molecule has 9 heteroatoms. The molecule has 0 bridgehead atoms. The molecule has 3 heterocycles. The molecule has 5 rings (SSSR count). The molecule has 2 aromatic heterocycles. The van der Waals surface area contributed by atoms with Gasteiger partial charge in [0.1, 0.15) is 35.9 Å². The minimum Gasteiger partial charge on any atom is -0.494 e. The molecule has 1 aliphatic heterocycles. The summed E-state index contributed by atoms with van der Waals surface area (Å²) in [7, 11) is 0. The van der Waals surface area contributed by atoms with Gasteiger partial charge in [0, 0.05) is 24.1 Å². The van der Waals surface area contributed by atoms with Crippen molar-refractivity contribution < 1.29 is 14.3 Å². The summed E-state index contributed by atoms with van der Waals surface area (Å²) in [5.41, 5.74) is 2.86. The molecule has 34 heavy (non-hydrogen) atoms. The molecule has 9 nitrogen and oxygen atoms in total. The van der Waals surface area contributed by atoms with Gasteiger partial charge in [-0.05, 0) is 38.1 Å². The molecular formula is C25H25N5O4. The average Bonchev–Trinajstić information content (AvgIpc) is 3.43. The van der Waals surface area contributed by atoms with Crippen LogP contribution in [0.25, 0.3) is 16.7 Å². The van der Waals surface area contributed by atoms with E-state index < -0.39 is 0 Å². The van der Waals surface area contributed by atoms with E-state index in [1.54, 1.807) is 4.68 Å². The van der Waals surface area contributed by atoms with E-state index in [0.29, 0.717) is 17.6 Å². The molecule has 1 N–H and O–H groups in total. The lowest BCUT2D eigenvalue weighted by atomic mass is 10.1. The van der Waals surface area contributed by atoms with Crippen LogP contribution in [0.2, 0.25) is 0 Å². The largest absolute Gasteiger partial charge is 0.494 e. The van der Waals surface area contributed by atoms with E-state index in [-0.39, 0.29) is 30.7 Å². The van der Waals surface area contributed by atoms with Gasteiger partial charge in [-0.25, -0.2) is 9.67 Å². The number of amides is 1. The molecule has 0 spiro atoms. The van der Waals surface area contributed by atoms with Crippen LogP contribution in [0, 0.1) is 0 Å². The van der Waals surface area contributed by atoms with Crippen molar-refractivity contribution >= 4 is 16.9 Å². The molecule has 1 amide bonds. The zero-order valence-electron chi connectivity index (χ0n) is 19.0. The van der Waals surface area contributed by atoms with Gasteiger partial charge in [-0.1, -0.05) is 18.2 Å². The lowest BCUT2D eigenvalue weighted by Gasteiger charge is -2.13. The smallest absolute Gasteiger partial charge is 0.264 e. The first-order chi connectivity index (χ1) is 16.5. The van der Waals surface area contributed by atoms with E-state index in [1.165, 1.54) is 17.1 Å². The maximum absolute atomic E-state index is 12.9. The maximum Gasteiger partial charge on any atom is 0.264 e. The number of aromatic nitrogens is 4. The summed E-state index contributed by atoms with van der Waals surface area (Å²) >= 11 is 0. The second-order valence-corrected chi connectivity index (χ2v) is 8.22. The van der Waals surface area contributed by atoms with Gasteiger partial charge in [-0.3, -0.25) is 14.2 Å². The number of rotatable bonds is 7. The number of carbonyl (C=O) groups excluding carboxylic acids is 1. The fourth-order valence-corrected chi connectivity index (χ4v) is 4.13. The summed E-state index contributed by atoms with van der Waals surface area (Å²) in [6, 6.07) is 13.3. The number of ether oxygens (including phenoxy) is 2. The molecule has 2 aromatic carbocycles. The first-order valence-electron chi connectivity index (χ1n) is 11.2. The number of nitrogens with one attached hydrogen (secondary N) is 1. The van der Waals surface area contributed by atoms with E-state index in [0.717, 1.165) is 34.7 Å². The van der Waals surface area contributed by atoms with Crippen LogP contribution >= 0.6 is 0 Å². The Morgan fingerprint density at radius 1 is 1.26 bits per heavy atom. The van der Waals surface area contributed by atoms with Crippen LogP contribution in [-0.2, 0) is 24.3 Å². The van der Waals surface area contributed by atoms with E-state index in [4.69, 9.17) is 9.47 Å². The summed E-state index contributed by atoms with van der Waals surface area (Å²) in [6.45, 7) is 4.57. The van der Waals surface area contributed by atoms with Crippen LogP contribution in [0.15, 0.2) is 59.8 Å². The van der Waals surface area contributed by atoms with Crippen molar-refractivity contribution in [2.24, 2.45) is 0 Å². The van der Waals surface area contributed by atoms with Gasteiger partial charge in [0.15, 0.2) is 5.65 Å². The summed E-state index contributed by atoms with van der Waals surface area (Å²) in [4.78, 5) is 30.0. The molecule has 0 aliphatic carbocycles. The topological polar surface area (TPSA) is 100 Å². The molecule has 0 saturated heterocycles. The monoisotopic (exact) mass is 459 g/mol. The number of benzene rings is 2. The van der Waals surface area contributed by atoms with Gasteiger partial charge in [0.2, 0.25) is 5.91 Å². The number of para-hydroxylation sites is 1. The SMILES string of the molecule is CCOc1cc2c(cc1CNC(=O)Cn1cnc3c(cnn3-c3ccccc3)c1=O)O[C@@H](C)C2. The predicted octanol–water partition coefficient (Wildman–Crippen LogP) is 2.62. The molecule has 4 aromatic rings. The molecule has 1 aliphatic rings. The molecule has 0 radical (unpaired) electrons. The number of hydrogen-bond donors (Lipinski definition) is 1. The highest BCUT2D eigenvalue weighted by molar-refractivity contribution is 5.78. The quantitative estimate of drug-likeness (QED) is 0.456. The van der Waals surface area contributed by atoms with Crippen molar-refractivity contribution in [3.05, 3.63) is 76.5 Å². The second-order valence-electron chi connectivity index (χ2n) is 8.22. The third-order valence-electron chi connectivity index (χ3n) is 5.72. The summed E-state index contributed by atoms with van der Waals surface area (Å²) < 4.78 is 14.5. The molecule has 174 valence electrons. The first-order valence-corrected chi connectivity index (χ1v) is 11.2. The van der Waals surface area contributed by atoms with Crippen molar-refractivity contribution in [3.8, 4) is 17.2 Å². The van der Waals surface area contributed by atoms with Gasteiger partial charge in [-0.2, -0.15) is 5.10 Å². The predicted molar refractivity (Wildman–Crippen MR) is 126 cm³/mol. The Bertz CT molecular complexity index is 1410. The molecular weight excluding hydrogens is 434 g/mol.